The van der Waals surface area contributed by atoms with Crippen LogP contribution in [0.4, 0.5) is 24.5 Å². The quantitative estimate of drug-likeness (QED) is 0.837. The maximum atomic E-state index is 12.6. The fourth-order valence-electron chi connectivity index (χ4n) is 2.77. The summed E-state index contributed by atoms with van der Waals surface area (Å²) in [4.78, 5) is 2.06. The van der Waals surface area contributed by atoms with Gasteiger partial charge in [-0.2, -0.15) is 13.2 Å². The number of benzene rings is 1. The molecule has 0 aromatic heterocycles. The second-order valence-electron chi connectivity index (χ2n) is 5.13. The molecule has 1 atom stereocenters. The zero-order valence-electron chi connectivity index (χ0n) is 11.2. The number of nitrogens with two attached hydrogens (primary N) is 1. The predicted molar refractivity (Wildman–Crippen MR) is 72.5 cm³/mol. The lowest BCUT2D eigenvalue weighted by atomic mass is 10.1. The number of nitrogen functional groups attached to an aromatic ring is 1. The van der Waals surface area contributed by atoms with E-state index < -0.39 is 11.7 Å². The van der Waals surface area contributed by atoms with Crippen LogP contribution in [0, 0.1) is 0 Å². The van der Waals surface area contributed by atoms with Crippen LogP contribution in [0.1, 0.15) is 31.2 Å². The third-order valence-corrected chi connectivity index (χ3v) is 3.74. The summed E-state index contributed by atoms with van der Waals surface area (Å²) >= 11 is 0. The van der Waals surface area contributed by atoms with Crippen molar-refractivity contribution in [1.29, 1.82) is 0 Å². The normalized spacial score (nSPS) is 19.6. The number of halogens is 3. The van der Waals surface area contributed by atoms with Crippen molar-refractivity contribution in [3.8, 4) is 0 Å². The molecule has 1 aliphatic heterocycles. The molecule has 0 aliphatic carbocycles. The topological polar surface area (TPSA) is 49.5 Å². The van der Waals surface area contributed by atoms with Gasteiger partial charge in [0.25, 0.3) is 0 Å². The smallest absolute Gasteiger partial charge is 0.397 e. The number of hydrogen-bond donors (Lipinski definition) is 2. The van der Waals surface area contributed by atoms with E-state index in [0.29, 0.717) is 12.1 Å². The first-order valence-corrected chi connectivity index (χ1v) is 6.77. The molecule has 1 aromatic carbocycles. The first-order chi connectivity index (χ1) is 9.43. The van der Waals surface area contributed by atoms with Crippen molar-refractivity contribution in [2.75, 3.05) is 23.8 Å². The molecule has 1 saturated heterocycles. The van der Waals surface area contributed by atoms with Crippen LogP contribution in [0.25, 0.3) is 0 Å². The number of aliphatic hydroxyl groups excluding tert-OH is 1. The summed E-state index contributed by atoms with van der Waals surface area (Å²) in [6.45, 7) is 0.929. The van der Waals surface area contributed by atoms with Gasteiger partial charge in [0.05, 0.1) is 16.9 Å². The number of nitrogens with zero attached hydrogens (tertiary/aromatic N) is 1. The van der Waals surface area contributed by atoms with Crippen molar-refractivity contribution in [3.05, 3.63) is 23.8 Å². The van der Waals surface area contributed by atoms with Crippen LogP contribution in [-0.2, 0) is 6.18 Å². The Morgan fingerprint density at radius 3 is 2.70 bits per heavy atom. The molecule has 1 heterocycles. The van der Waals surface area contributed by atoms with Crippen molar-refractivity contribution in [2.24, 2.45) is 0 Å². The van der Waals surface area contributed by atoms with Gasteiger partial charge in [0, 0.05) is 19.2 Å². The molecule has 2 rings (SSSR count). The standard InChI is InChI=1S/C14H19F3N2O/c15-14(16,17)10-5-6-13(12(18)9-10)19-7-1-3-11(19)4-2-8-20/h5-6,9,11,20H,1-4,7-8,18H2. The average Bonchev–Trinajstić information content (AvgIpc) is 2.83. The van der Waals surface area contributed by atoms with Crippen LogP contribution in [-0.4, -0.2) is 24.3 Å². The molecule has 20 heavy (non-hydrogen) atoms. The van der Waals surface area contributed by atoms with Crippen LogP contribution in [0.15, 0.2) is 18.2 Å². The lowest BCUT2D eigenvalue weighted by Gasteiger charge is -2.28. The van der Waals surface area contributed by atoms with Gasteiger partial charge in [-0.1, -0.05) is 0 Å². The van der Waals surface area contributed by atoms with Crippen molar-refractivity contribution in [1.82, 2.24) is 0 Å². The SMILES string of the molecule is Nc1cc(C(F)(F)F)ccc1N1CCCC1CCCO. The summed E-state index contributed by atoms with van der Waals surface area (Å²) in [6.07, 6.45) is -0.858. The fourth-order valence-corrected chi connectivity index (χ4v) is 2.77. The lowest BCUT2D eigenvalue weighted by molar-refractivity contribution is -0.137. The van der Waals surface area contributed by atoms with E-state index in [1.54, 1.807) is 0 Å². The highest BCUT2D eigenvalue weighted by molar-refractivity contribution is 5.69. The van der Waals surface area contributed by atoms with E-state index >= 15 is 0 Å². The van der Waals surface area contributed by atoms with E-state index in [2.05, 4.69) is 4.90 Å². The van der Waals surface area contributed by atoms with Gasteiger partial charge in [-0.05, 0) is 43.9 Å². The Bertz CT molecular complexity index is 462. The summed E-state index contributed by atoms with van der Waals surface area (Å²) < 4.78 is 37.9. The van der Waals surface area contributed by atoms with E-state index in [0.717, 1.165) is 37.9 Å². The first-order valence-electron chi connectivity index (χ1n) is 6.77. The van der Waals surface area contributed by atoms with Gasteiger partial charge in [0.15, 0.2) is 0 Å². The Labute approximate surface area is 116 Å². The van der Waals surface area contributed by atoms with E-state index in [4.69, 9.17) is 10.8 Å². The van der Waals surface area contributed by atoms with Gasteiger partial charge in [-0.15, -0.1) is 0 Å². The summed E-state index contributed by atoms with van der Waals surface area (Å²) in [6, 6.07) is 3.78. The molecule has 1 fully saturated rings. The van der Waals surface area contributed by atoms with Crippen LogP contribution < -0.4 is 10.6 Å². The number of aliphatic hydroxyl groups is 1. The van der Waals surface area contributed by atoms with Crippen molar-refractivity contribution in [2.45, 2.75) is 37.9 Å². The Hall–Kier alpha value is -1.43. The third-order valence-electron chi connectivity index (χ3n) is 3.74. The van der Waals surface area contributed by atoms with Crippen LogP contribution in [0.2, 0.25) is 0 Å². The number of anilines is 2. The van der Waals surface area contributed by atoms with Gasteiger partial charge in [0.2, 0.25) is 0 Å². The minimum Gasteiger partial charge on any atom is -0.397 e. The maximum absolute atomic E-state index is 12.6. The molecule has 0 amide bonds. The Morgan fingerprint density at radius 1 is 1.35 bits per heavy atom. The molecule has 1 unspecified atom stereocenters. The first kappa shape index (κ1) is 15.0. The predicted octanol–water partition coefficient (Wildman–Crippen LogP) is 3.03. The van der Waals surface area contributed by atoms with Crippen molar-refractivity contribution in [3.63, 3.8) is 0 Å². The summed E-state index contributed by atoms with van der Waals surface area (Å²) in [5, 5.41) is 8.90. The number of hydrogen-bond acceptors (Lipinski definition) is 3. The Kier molecular flexibility index (Phi) is 4.42. The van der Waals surface area contributed by atoms with Crippen LogP contribution in [0.5, 0.6) is 0 Å². The highest BCUT2D eigenvalue weighted by atomic mass is 19.4. The maximum Gasteiger partial charge on any atom is 0.416 e. The van der Waals surface area contributed by atoms with Crippen LogP contribution >= 0.6 is 0 Å². The van der Waals surface area contributed by atoms with E-state index in [1.807, 2.05) is 0 Å². The average molecular weight is 288 g/mol. The highest BCUT2D eigenvalue weighted by Crippen LogP contribution is 2.37. The summed E-state index contributed by atoms with van der Waals surface area (Å²) in [7, 11) is 0. The van der Waals surface area contributed by atoms with Gasteiger partial charge >= 0.3 is 6.18 Å². The van der Waals surface area contributed by atoms with Gasteiger partial charge < -0.3 is 15.7 Å². The molecule has 1 aliphatic rings. The van der Waals surface area contributed by atoms with Crippen molar-refractivity contribution >= 4 is 11.4 Å². The minimum absolute atomic E-state index is 0.132. The largest absolute Gasteiger partial charge is 0.416 e. The zero-order chi connectivity index (χ0) is 14.8. The van der Waals surface area contributed by atoms with E-state index in [-0.39, 0.29) is 18.3 Å². The van der Waals surface area contributed by atoms with E-state index in [9.17, 15) is 13.2 Å². The fraction of sp³-hybridized carbons (Fsp3) is 0.571. The van der Waals surface area contributed by atoms with Crippen molar-refractivity contribution < 1.29 is 18.3 Å². The zero-order valence-corrected chi connectivity index (χ0v) is 11.2. The van der Waals surface area contributed by atoms with Crippen LogP contribution in [0.3, 0.4) is 0 Å². The summed E-state index contributed by atoms with van der Waals surface area (Å²) in [5.41, 5.74) is 5.91. The molecular formula is C14H19F3N2O. The molecule has 6 heteroatoms. The molecule has 0 bridgehead atoms. The van der Waals surface area contributed by atoms with Gasteiger partial charge in [-0.3, -0.25) is 0 Å². The van der Waals surface area contributed by atoms with Gasteiger partial charge in [-0.25, -0.2) is 0 Å². The molecule has 112 valence electrons. The molecule has 0 radical (unpaired) electrons. The Balaban J connectivity index is 2.20. The minimum atomic E-state index is -4.37. The molecule has 3 N–H and O–H groups in total. The second-order valence-corrected chi connectivity index (χ2v) is 5.13. The molecule has 1 aromatic rings. The lowest BCUT2D eigenvalue weighted by Crippen LogP contribution is -2.30. The number of rotatable bonds is 4. The summed E-state index contributed by atoms with van der Waals surface area (Å²) in [5.74, 6) is 0. The van der Waals surface area contributed by atoms with E-state index in [1.165, 1.54) is 6.07 Å². The Morgan fingerprint density at radius 2 is 2.10 bits per heavy atom. The second kappa shape index (κ2) is 5.91. The molecule has 0 spiro atoms. The van der Waals surface area contributed by atoms with Gasteiger partial charge in [0.1, 0.15) is 0 Å². The molecule has 0 saturated carbocycles. The number of alkyl halides is 3. The monoisotopic (exact) mass is 288 g/mol. The molecule has 3 nitrogen and oxygen atoms in total. The molecular weight excluding hydrogens is 269 g/mol. The highest BCUT2D eigenvalue weighted by Gasteiger charge is 2.32. The third kappa shape index (κ3) is 3.17.